The molecule has 1 aromatic carbocycles. The zero-order valence-corrected chi connectivity index (χ0v) is 9.87. The summed E-state index contributed by atoms with van der Waals surface area (Å²) < 4.78 is 51.2. The largest absolute Gasteiger partial charge is 0.419 e. The smallest absolute Gasteiger partial charge is 0.337 e. The number of aromatic amines is 1. The Morgan fingerprint density at radius 3 is 2.60 bits per heavy atom. The lowest BCUT2D eigenvalue weighted by Crippen LogP contribution is -2.08. The van der Waals surface area contributed by atoms with E-state index in [0.29, 0.717) is 11.0 Å². The zero-order valence-electron chi connectivity index (χ0n) is 9.87. The van der Waals surface area contributed by atoms with Crippen LogP contribution in [0.2, 0.25) is 0 Å². The summed E-state index contributed by atoms with van der Waals surface area (Å²) in [6.45, 7) is 0. The van der Waals surface area contributed by atoms with Crippen molar-refractivity contribution in [2.75, 3.05) is 0 Å². The van der Waals surface area contributed by atoms with Crippen LogP contribution in [0.5, 0.6) is 0 Å². The van der Waals surface area contributed by atoms with E-state index in [-0.39, 0.29) is 11.4 Å². The number of imidazole rings is 1. The maximum absolute atomic E-state index is 13.2. The van der Waals surface area contributed by atoms with Crippen LogP contribution in [0.3, 0.4) is 0 Å². The molecule has 0 saturated heterocycles. The Morgan fingerprint density at radius 2 is 1.90 bits per heavy atom. The molecule has 0 atom stereocenters. The number of nitrogens with zero attached hydrogens (tertiary/aromatic N) is 2. The molecule has 102 valence electrons. The van der Waals surface area contributed by atoms with Crippen LogP contribution in [0.15, 0.2) is 36.7 Å². The van der Waals surface area contributed by atoms with Crippen molar-refractivity contribution in [1.29, 1.82) is 0 Å². The van der Waals surface area contributed by atoms with Gasteiger partial charge in [-0.2, -0.15) is 13.2 Å². The summed E-state index contributed by atoms with van der Waals surface area (Å²) in [5.41, 5.74) is 0.0248. The van der Waals surface area contributed by atoms with Crippen LogP contribution in [0.25, 0.3) is 22.4 Å². The number of rotatable bonds is 1. The molecule has 0 amide bonds. The summed E-state index contributed by atoms with van der Waals surface area (Å²) in [5.74, 6) is -1.07. The Hall–Kier alpha value is -2.44. The summed E-state index contributed by atoms with van der Waals surface area (Å²) in [6, 6.07) is 4.39. The maximum Gasteiger partial charge on any atom is 0.419 e. The van der Waals surface area contributed by atoms with Crippen molar-refractivity contribution in [3.8, 4) is 11.4 Å². The van der Waals surface area contributed by atoms with Gasteiger partial charge in [0, 0.05) is 11.8 Å². The Labute approximate surface area is 110 Å². The molecule has 0 fully saturated rings. The van der Waals surface area contributed by atoms with Gasteiger partial charge in [0.15, 0.2) is 0 Å². The lowest BCUT2D eigenvalue weighted by atomic mass is 10.1. The fourth-order valence-corrected chi connectivity index (χ4v) is 1.88. The van der Waals surface area contributed by atoms with Crippen molar-refractivity contribution in [1.82, 2.24) is 15.0 Å². The topological polar surface area (TPSA) is 41.6 Å². The summed E-state index contributed by atoms with van der Waals surface area (Å²) in [4.78, 5) is 10.9. The van der Waals surface area contributed by atoms with Crippen molar-refractivity contribution in [2.24, 2.45) is 0 Å². The van der Waals surface area contributed by atoms with Gasteiger partial charge >= 0.3 is 6.18 Å². The van der Waals surface area contributed by atoms with Crippen molar-refractivity contribution in [2.45, 2.75) is 6.18 Å². The molecule has 3 aromatic rings. The van der Waals surface area contributed by atoms with Crippen LogP contribution in [0.1, 0.15) is 5.56 Å². The molecular formula is C13H7F4N3. The van der Waals surface area contributed by atoms with Gasteiger partial charge in [0.25, 0.3) is 0 Å². The van der Waals surface area contributed by atoms with Gasteiger partial charge < -0.3 is 4.98 Å². The molecule has 0 saturated carbocycles. The first kappa shape index (κ1) is 12.6. The van der Waals surface area contributed by atoms with Crippen molar-refractivity contribution < 1.29 is 17.6 Å². The van der Waals surface area contributed by atoms with Crippen molar-refractivity contribution in [3.63, 3.8) is 0 Å². The van der Waals surface area contributed by atoms with Crippen molar-refractivity contribution >= 4 is 11.0 Å². The Balaban J connectivity index is 2.14. The highest BCUT2D eigenvalue weighted by atomic mass is 19.4. The normalized spacial score (nSPS) is 12.0. The molecule has 3 nitrogen and oxygen atoms in total. The van der Waals surface area contributed by atoms with E-state index in [0.717, 1.165) is 12.1 Å². The monoisotopic (exact) mass is 281 g/mol. The number of nitrogens with one attached hydrogen (secondary N) is 1. The minimum Gasteiger partial charge on any atom is -0.337 e. The van der Waals surface area contributed by atoms with E-state index in [1.807, 2.05) is 0 Å². The van der Waals surface area contributed by atoms with Crippen LogP contribution in [-0.2, 0) is 6.18 Å². The van der Waals surface area contributed by atoms with Gasteiger partial charge in [-0.3, -0.25) is 4.98 Å². The molecule has 0 radical (unpaired) electrons. The van der Waals surface area contributed by atoms with Gasteiger partial charge in [0.1, 0.15) is 11.6 Å². The molecule has 0 aliphatic heterocycles. The third-order valence-corrected chi connectivity index (χ3v) is 2.83. The molecule has 0 aliphatic rings. The van der Waals surface area contributed by atoms with Gasteiger partial charge in [-0.15, -0.1) is 0 Å². The first-order valence-corrected chi connectivity index (χ1v) is 5.62. The van der Waals surface area contributed by atoms with Crippen LogP contribution in [0, 0.1) is 5.82 Å². The Bertz CT molecular complexity index is 744. The second-order valence-corrected chi connectivity index (χ2v) is 4.17. The molecule has 20 heavy (non-hydrogen) atoms. The SMILES string of the molecule is Fc1ccc(-c2nc3ccncc3[nH]2)cc1C(F)(F)F. The number of aromatic nitrogens is 3. The number of hydrogen-bond acceptors (Lipinski definition) is 2. The molecule has 0 bridgehead atoms. The average molecular weight is 281 g/mol. The minimum atomic E-state index is -4.74. The first-order valence-electron chi connectivity index (χ1n) is 5.62. The molecule has 3 rings (SSSR count). The van der Waals surface area contributed by atoms with Crippen LogP contribution >= 0.6 is 0 Å². The lowest BCUT2D eigenvalue weighted by molar-refractivity contribution is -0.139. The van der Waals surface area contributed by atoms with E-state index < -0.39 is 17.6 Å². The second-order valence-electron chi connectivity index (χ2n) is 4.17. The van der Waals surface area contributed by atoms with Gasteiger partial charge in [-0.05, 0) is 24.3 Å². The van der Waals surface area contributed by atoms with E-state index in [4.69, 9.17) is 0 Å². The third kappa shape index (κ3) is 2.11. The molecular weight excluding hydrogens is 274 g/mol. The average Bonchev–Trinajstić information content (AvgIpc) is 2.81. The van der Waals surface area contributed by atoms with Crippen LogP contribution in [-0.4, -0.2) is 15.0 Å². The predicted molar refractivity (Wildman–Crippen MR) is 64.3 cm³/mol. The molecule has 2 heterocycles. The summed E-state index contributed by atoms with van der Waals surface area (Å²) in [5, 5.41) is 0. The molecule has 0 unspecified atom stereocenters. The molecule has 0 aliphatic carbocycles. The van der Waals surface area contributed by atoms with Gasteiger partial charge in [-0.25, -0.2) is 9.37 Å². The zero-order chi connectivity index (χ0) is 14.3. The third-order valence-electron chi connectivity index (χ3n) is 2.83. The highest BCUT2D eigenvalue weighted by Gasteiger charge is 2.34. The number of pyridine rings is 1. The highest BCUT2D eigenvalue weighted by Crippen LogP contribution is 2.33. The number of fused-ring (bicyclic) bond motifs is 1. The van der Waals surface area contributed by atoms with Crippen molar-refractivity contribution in [3.05, 3.63) is 48.0 Å². The minimum absolute atomic E-state index is 0.162. The molecule has 0 spiro atoms. The summed E-state index contributed by atoms with van der Waals surface area (Å²) in [6.07, 6.45) is -1.70. The number of halogens is 4. The lowest BCUT2D eigenvalue weighted by Gasteiger charge is -2.08. The molecule has 2 aromatic heterocycles. The molecule has 1 N–H and O–H groups in total. The first-order chi connectivity index (χ1) is 9.45. The Morgan fingerprint density at radius 1 is 1.10 bits per heavy atom. The van der Waals surface area contributed by atoms with E-state index in [9.17, 15) is 17.6 Å². The summed E-state index contributed by atoms with van der Waals surface area (Å²) >= 11 is 0. The standard InChI is InChI=1S/C13H7F4N3/c14-9-2-1-7(5-8(9)13(15,16)17)12-19-10-3-4-18-6-11(10)20-12/h1-6H,(H,19,20). The second kappa shape index (κ2) is 4.29. The highest BCUT2D eigenvalue weighted by molar-refractivity contribution is 5.78. The Kier molecular flexibility index (Phi) is 2.70. The predicted octanol–water partition coefficient (Wildman–Crippen LogP) is 3.78. The van der Waals surface area contributed by atoms with Gasteiger partial charge in [0.05, 0.1) is 22.8 Å². The maximum atomic E-state index is 13.2. The van der Waals surface area contributed by atoms with Crippen LogP contribution in [0.4, 0.5) is 17.6 Å². The van der Waals surface area contributed by atoms with E-state index in [2.05, 4.69) is 15.0 Å². The van der Waals surface area contributed by atoms with E-state index in [1.165, 1.54) is 18.5 Å². The fourth-order valence-electron chi connectivity index (χ4n) is 1.88. The molecule has 7 heteroatoms. The van der Waals surface area contributed by atoms with E-state index in [1.54, 1.807) is 6.07 Å². The number of hydrogen-bond donors (Lipinski definition) is 1. The number of benzene rings is 1. The van der Waals surface area contributed by atoms with E-state index >= 15 is 0 Å². The summed E-state index contributed by atoms with van der Waals surface area (Å²) in [7, 11) is 0. The van der Waals surface area contributed by atoms with Gasteiger partial charge in [-0.1, -0.05) is 0 Å². The fraction of sp³-hybridized carbons (Fsp3) is 0.0769. The quantitative estimate of drug-likeness (QED) is 0.690. The van der Waals surface area contributed by atoms with Crippen LogP contribution < -0.4 is 0 Å². The number of H-pyrrole nitrogens is 1. The van der Waals surface area contributed by atoms with Gasteiger partial charge in [0.2, 0.25) is 0 Å². The number of alkyl halides is 3.